The summed E-state index contributed by atoms with van der Waals surface area (Å²) in [6, 6.07) is 5.35. The smallest absolute Gasteiger partial charge is 0.262 e. The molecule has 0 aliphatic carbocycles. The molecule has 7 heteroatoms. The van der Waals surface area contributed by atoms with Crippen LogP contribution < -0.4 is 21.5 Å². The van der Waals surface area contributed by atoms with Crippen molar-refractivity contribution < 1.29 is 9.53 Å². The fourth-order valence-electron chi connectivity index (χ4n) is 1.88. The average molecular weight is 257 g/mol. The van der Waals surface area contributed by atoms with E-state index in [-0.39, 0.29) is 24.3 Å². The van der Waals surface area contributed by atoms with Crippen LogP contribution in [0, 0.1) is 0 Å². The van der Waals surface area contributed by atoms with Gasteiger partial charge >= 0.3 is 0 Å². The Morgan fingerprint density at radius 1 is 1.32 bits per heavy atom. The molecule has 1 aliphatic rings. The maximum absolute atomic E-state index is 11.3. The van der Waals surface area contributed by atoms with Gasteiger partial charge in [-0.2, -0.15) is 4.98 Å². The van der Waals surface area contributed by atoms with E-state index in [1.165, 1.54) is 0 Å². The highest BCUT2D eigenvalue weighted by Crippen LogP contribution is 2.33. The van der Waals surface area contributed by atoms with Gasteiger partial charge in [0.25, 0.3) is 5.91 Å². The largest absolute Gasteiger partial charge is 0.482 e. The predicted molar refractivity (Wildman–Crippen MR) is 70.4 cm³/mol. The number of aromatic nitrogens is 2. The van der Waals surface area contributed by atoms with Crippen molar-refractivity contribution in [1.29, 1.82) is 0 Å². The van der Waals surface area contributed by atoms with Gasteiger partial charge in [-0.3, -0.25) is 4.79 Å². The van der Waals surface area contributed by atoms with E-state index in [0.717, 1.165) is 5.56 Å². The summed E-state index contributed by atoms with van der Waals surface area (Å²) < 4.78 is 5.28. The molecule has 7 nitrogen and oxygen atoms in total. The molecule has 1 aromatic carbocycles. The van der Waals surface area contributed by atoms with E-state index in [4.69, 9.17) is 16.2 Å². The molecule has 96 valence electrons. The third-order valence-electron chi connectivity index (χ3n) is 2.76. The first kappa shape index (κ1) is 11.3. The Balaban J connectivity index is 2.06. The number of amides is 1. The number of hydrogen-bond donors (Lipinski definition) is 3. The summed E-state index contributed by atoms with van der Waals surface area (Å²) in [4.78, 5) is 19.1. The number of nitrogens with two attached hydrogens (primary N) is 2. The normalized spacial score (nSPS) is 13.4. The molecule has 0 spiro atoms. The number of fused-ring (bicyclic) bond motifs is 1. The topological polar surface area (TPSA) is 116 Å². The zero-order valence-electron chi connectivity index (χ0n) is 9.88. The molecule has 1 aromatic heterocycles. The second-order valence-corrected chi connectivity index (χ2v) is 4.07. The molecule has 2 heterocycles. The molecule has 1 aliphatic heterocycles. The first-order valence-electron chi connectivity index (χ1n) is 5.58. The fraction of sp³-hybridized carbons (Fsp3) is 0.0833. The Bertz CT molecular complexity index is 671. The zero-order valence-corrected chi connectivity index (χ0v) is 9.88. The Morgan fingerprint density at radius 2 is 2.16 bits per heavy atom. The number of rotatable bonds is 1. The van der Waals surface area contributed by atoms with Gasteiger partial charge in [-0.1, -0.05) is 6.07 Å². The maximum atomic E-state index is 11.3. The Labute approximate surface area is 108 Å². The summed E-state index contributed by atoms with van der Waals surface area (Å²) in [6.45, 7) is 0.0272. The lowest BCUT2D eigenvalue weighted by Gasteiger charge is -2.18. The van der Waals surface area contributed by atoms with E-state index in [2.05, 4.69) is 15.3 Å². The molecular weight excluding hydrogens is 246 g/mol. The lowest BCUT2D eigenvalue weighted by molar-refractivity contribution is -0.118. The minimum atomic E-state index is -0.189. The molecule has 0 fully saturated rings. The van der Waals surface area contributed by atoms with Crippen molar-refractivity contribution in [3.8, 4) is 16.9 Å². The van der Waals surface area contributed by atoms with Crippen LogP contribution in [-0.2, 0) is 4.79 Å². The number of anilines is 3. The van der Waals surface area contributed by atoms with Gasteiger partial charge in [0, 0.05) is 11.8 Å². The van der Waals surface area contributed by atoms with Gasteiger partial charge in [0.2, 0.25) is 5.95 Å². The van der Waals surface area contributed by atoms with Crippen molar-refractivity contribution in [1.82, 2.24) is 9.97 Å². The van der Waals surface area contributed by atoms with Gasteiger partial charge in [-0.05, 0) is 17.7 Å². The number of benzene rings is 1. The molecule has 0 saturated heterocycles. The number of ether oxygens (including phenoxy) is 1. The van der Waals surface area contributed by atoms with Gasteiger partial charge in [-0.15, -0.1) is 0 Å². The highest BCUT2D eigenvalue weighted by molar-refractivity contribution is 5.96. The van der Waals surface area contributed by atoms with Crippen molar-refractivity contribution in [2.75, 3.05) is 23.4 Å². The van der Waals surface area contributed by atoms with Crippen LogP contribution in [0.25, 0.3) is 11.1 Å². The first-order valence-corrected chi connectivity index (χ1v) is 5.58. The molecule has 0 bridgehead atoms. The number of carbonyl (C=O) groups excluding carboxylic acids is 1. The molecule has 3 rings (SSSR count). The zero-order chi connectivity index (χ0) is 13.4. The van der Waals surface area contributed by atoms with Crippen molar-refractivity contribution in [2.45, 2.75) is 0 Å². The quantitative estimate of drug-likeness (QED) is 0.690. The van der Waals surface area contributed by atoms with E-state index >= 15 is 0 Å². The second kappa shape index (κ2) is 4.13. The molecule has 19 heavy (non-hydrogen) atoms. The molecule has 1 amide bonds. The third-order valence-corrected chi connectivity index (χ3v) is 2.76. The van der Waals surface area contributed by atoms with Crippen molar-refractivity contribution in [2.24, 2.45) is 0 Å². The van der Waals surface area contributed by atoms with E-state index in [0.29, 0.717) is 17.0 Å². The lowest BCUT2D eigenvalue weighted by Crippen LogP contribution is -2.25. The Hall–Kier alpha value is -2.83. The fourth-order valence-corrected chi connectivity index (χ4v) is 1.88. The summed E-state index contributed by atoms with van der Waals surface area (Å²) >= 11 is 0. The van der Waals surface area contributed by atoms with Crippen LogP contribution in [0.3, 0.4) is 0 Å². The summed E-state index contributed by atoms with van der Waals surface area (Å²) in [5.74, 6) is 0.843. The van der Waals surface area contributed by atoms with Crippen LogP contribution in [-0.4, -0.2) is 22.5 Å². The Kier molecular flexibility index (Phi) is 2.45. The number of carbonyl (C=O) groups is 1. The molecule has 5 N–H and O–H groups in total. The van der Waals surface area contributed by atoms with E-state index in [9.17, 15) is 4.79 Å². The van der Waals surface area contributed by atoms with Crippen LogP contribution in [0.2, 0.25) is 0 Å². The highest BCUT2D eigenvalue weighted by Gasteiger charge is 2.17. The van der Waals surface area contributed by atoms with Crippen LogP contribution in [0.4, 0.5) is 17.5 Å². The van der Waals surface area contributed by atoms with Crippen LogP contribution in [0.15, 0.2) is 24.4 Å². The van der Waals surface area contributed by atoms with Crippen LogP contribution >= 0.6 is 0 Å². The number of nitrogen functional groups attached to an aromatic ring is 2. The van der Waals surface area contributed by atoms with Crippen molar-refractivity contribution in [3.05, 3.63) is 24.4 Å². The van der Waals surface area contributed by atoms with Crippen LogP contribution in [0.5, 0.6) is 5.75 Å². The standard InChI is InChI=1S/C12H11N5O2/c13-11-7(4-15-12(14)17-11)6-1-2-9-8(3-6)16-10(18)5-19-9/h1-4H,5H2,(H,16,18)(H4,13,14,15,17). The first-order chi connectivity index (χ1) is 9.13. The van der Waals surface area contributed by atoms with E-state index in [1.807, 2.05) is 6.07 Å². The number of nitrogens with zero attached hydrogens (tertiary/aromatic N) is 2. The maximum Gasteiger partial charge on any atom is 0.262 e. The average Bonchev–Trinajstić information content (AvgIpc) is 2.38. The Morgan fingerprint density at radius 3 is 2.95 bits per heavy atom. The third kappa shape index (κ3) is 2.01. The van der Waals surface area contributed by atoms with E-state index < -0.39 is 0 Å². The summed E-state index contributed by atoms with van der Waals surface area (Å²) in [5.41, 5.74) is 13.3. The van der Waals surface area contributed by atoms with Gasteiger partial charge in [0.15, 0.2) is 6.61 Å². The molecule has 0 atom stereocenters. The molecule has 0 radical (unpaired) electrons. The highest BCUT2D eigenvalue weighted by atomic mass is 16.5. The molecule has 0 unspecified atom stereocenters. The SMILES string of the molecule is Nc1ncc(-c2ccc3c(c2)NC(=O)CO3)c(N)n1. The minimum absolute atomic E-state index is 0.0272. The van der Waals surface area contributed by atoms with Crippen molar-refractivity contribution in [3.63, 3.8) is 0 Å². The van der Waals surface area contributed by atoms with Gasteiger partial charge in [0.1, 0.15) is 11.6 Å². The van der Waals surface area contributed by atoms with Gasteiger partial charge in [-0.25, -0.2) is 4.98 Å². The molecule has 0 saturated carbocycles. The van der Waals surface area contributed by atoms with E-state index in [1.54, 1.807) is 18.3 Å². The van der Waals surface area contributed by atoms with Crippen LogP contribution in [0.1, 0.15) is 0 Å². The molecule has 2 aromatic rings. The second-order valence-electron chi connectivity index (χ2n) is 4.07. The predicted octanol–water partition coefficient (Wildman–Crippen LogP) is 0.639. The summed E-state index contributed by atoms with van der Waals surface area (Å²) in [7, 11) is 0. The number of hydrogen-bond acceptors (Lipinski definition) is 6. The minimum Gasteiger partial charge on any atom is -0.482 e. The summed E-state index contributed by atoms with van der Waals surface area (Å²) in [5, 5.41) is 2.73. The van der Waals surface area contributed by atoms with Crippen molar-refractivity contribution >= 4 is 23.4 Å². The summed E-state index contributed by atoms with van der Waals surface area (Å²) in [6.07, 6.45) is 1.55. The lowest BCUT2D eigenvalue weighted by atomic mass is 10.1. The molecular formula is C12H11N5O2. The van der Waals surface area contributed by atoms with Gasteiger partial charge < -0.3 is 21.5 Å². The monoisotopic (exact) mass is 257 g/mol. The van der Waals surface area contributed by atoms with Gasteiger partial charge in [0.05, 0.1) is 5.69 Å². The number of nitrogens with one attached hydrogen (secondary N) is 1.